The Morgan fingerprint density at radius 3 is 3.14 bits per heavy atom. The van der Waals surface area contributed by atoms with E-state index in [2.05, 4.69) is 40.7 Å². The number of H-pyrrole nitrogens is 1. The van der Waals surface area contributed by atoms with Crippen LogP contribution in [0.25, 0.3) is 10.9 Å². The van der Waals surface area contributed by atoms with E-state index in [-0.39, 0.29) is 18.7 Å². The molecule has 2 amide bonds. The highest BCUT2D eigenvalue weighted by Gasteiger charge is 2.23. The van der Waals surface area contributed by atoms with Gasteiger partial charge in [-0.05, 0) is 50.3 Å². The van der Waals surface area contributed by atoms with Gasteiger partial charge in [0.15, 0.2) is 0 Å². The average Bonchev–Trinajstić information content (AvgIpc) is 2.85. The Morgan fingerprint density at radius 1 is 1.45 bits per heavy atom. The Morgan fingerprint density at radius 2 is 2.32 bits per heavy atom. The van der Waals surface area contributed by atoms with Crippen molar-refractivity contribution >= 4 is 16.9 Å². The summed E-state index contributed by atoms with van der Waals surface area (Å²) < 4.78 is 0. The number of benzene rings is 1. The van der Waals surface area contributed by atoms with Gasteiger partial charge in [-0.3, -0.25) is 0 Å². The molecule has 1 aliphatic rings. The summed E-state index contributed by atoms with van der Waals surface area (Å²) >= 11 is 0. The monoisotopic (exact) mass is 301 g/mol. The van der Waals surface area contributed by atoms with E-state index < -0.39 is 0 Å². The summed E-state index contributed by atoms with van der Waals surface area (Å²) in [7, 11) is 0. The largest absolute Gasteiger partial charge is 0.396 e. The van der Waals surface area contributed by atoms with E-state index in [0.717, 1.165) is 19.3 Å². The van der Waals surface area contributed by atoms with Crippen molar-refractivity contribution in [2.75, 3.05) is 13.2 Å². The third-order valence-corrected chi connectivity index (χ3v) is 4.30. The summed E-state index contributed by atoms with van der Waals surface area (Å²) in [5, 5.41) is 15.8. The lowest BCUT2D eigenvalue weighted by Gasteiger charge is -2.23. The van der Waals surface area contributed by atoms with Crippen LogP contribution in [0.3, 0.4) is 0 Å². The number of hydrogen-bond donors (Lipinski definition) is 4. The quantitative estimate of drug-likeness (QED) is 0.652. The molecule has 0 fully saturated rings. The first-order valence-corrected chi connectivity index (χ1v) is 7.92. The molecule has 4 N–H and O–H groups in total. The molecule has 1 aromatic carbocycles. The molecule has 0 bridgehead atoms. The summed E-state index contributed by atoms with van der Waals surface area (Å²) in [4.78, 5) is 15.3. The average molecular weight is 301 g/mol. The molecule has 0 spiro atoms. The van der Waals surface area contributed by atoms with Gasteiger partial charge in [-0.2, -0.15) is 0 Å². The fourth-order valence-corrected chi connectivity index (χ4v) is 3.17. The SMILES string of the molecule is Cc1ccc2[nH]c3c(c2c1)CC(NC(=O)NCCCO)CC3. The number of rotatable bonds is 4. The summed E-state index contributed by atoms with van der Waals surface area (Å²) in [5.41, 5.74) is 5.08. The van der Waals surface area contributed by atoms with Gasteiger partial charge in [-0.15, -0.1) is 0 Å². The van der Waals surface area contributed by atoms with Gasteiger partial charge in [0, 0.05) is 35.8 Å². The number of aryl methyl sites for hydroxylation is 2. The topological polar surface area (TPSA) is 77.2 Å². The van der Waals surface area contributed by atoms with E-state index in [0.29, 0.717) is 13.0 Å². The number of fused-ring (bicyclic) bond motifs is 3. The molecule has 3 rings (SSSR count). The Labute approximate surface area is 130 Å². The fraction of sp³-hybridized carbons (Fsp3) is 0.471. The maximum atomic E-state index is 11.8. The van der Waals surface area contributed by atoms with Crippen LogP contribution in [0.15, 0.2) is 18.2 Å². The first-order valence-electron chi connectivity index (χ1n) is 7.92. The zero-order valence-corrected chi connectivity index (χ0v) is 12.9. The maximum absolute atomic E-state index is 11.8. The highest BCUT2D eigenvalue weighted by Crippen LogP contribution is 2.29. The van der Waals surface area contributed by atoms with Gasteiger partial charge in [-0.25, -0.2) is 4.79 Å². The van der Waals surface area contributed by atoms with Gasteiger partial charge in [-0.1, -0.05) is 11.6 Å². The summed E-state index contributed by atoms with van der Waals surface area (Å²) in [6, 6.07) is 6.50. The Hall–Kier alpha value is -2.01. The van der Waals surface area contributed by atoms with Crippen LogP contribution >= 0.6 is 0 Å². The van der Waals surface area contributed by atoms with Gasteiger partial charge in [0.1, 0.15) is 0 Å². The van der Waals surface area contributed by atoms with E-state index in [9.17, 15) is 4.79 Å². The van der Waals surface area contributed by atoms with Crippen molar-refractivity contribution in [2.45, 2.75) is 38.6 Å². The molecule has 1 aromatic heterocycles. The molecule has 0 saturated carbocycles. The number of aromatic amines is 1. The Kier molecular flexibility index (Phi) is 4.34. The molecule has 1 heterocycles. The molecule has 0 saturated heterocycles. The zero-order valence-electron chi connectivity index (χ0n) is 12.9. The second kappa shape index (κ2) is 6.40. The van der Waals surface area contributed by atoms with Crippen molar-refractivity contribution in [3.05, 3.63) is 35.0 Å². The van der Waals surface area contributed by atoms with Crippen molar-refractivity contribution in [2.24, 2.45) is 0 Å². The molecule has 0 aliphatic heterocycles. The second-order valence-corrected chi connectivity index (χ2v) is 6.05. The first kappa shape index (κ1) is 14.9. The number of aromatic nitrogens is 1. The lowest BCUT2D eigenvalue weighted by atomic mass is 9.91. The van der Waals surface area contributed by atoms with E-state index >= 15 is 0 Å². The Balaban J connectivity index is 1.69. The normalized spacial score (nSPS) is 17.3. The van der Waals surface area contributed by atoms with Crippen LogP contribution in [0.4, 0.5) is 4.79 Å². The van der Waals surface area contributed by atoms with Crippen molar-refractivity contribution in [1.82, 2.24) is 15.6 Å². The van der Waals surface area contributed by atoms with Gasteiger partial charge in [0.05, 0.1) is 0 Å². The van der Waals surface area contributed by atoms with Crippen molar-refractivity contribution in [3.63, 3.8) is 0 Å². The number of aliphatic hydroxyl groups excluding tert-OH is 1. The molecule has 1 atom stereocenters. The third-order valence-electron chi connectivity index (χ3n) is 4.30. The van der Waals surface area contributed by atoms with Crippen LogP contribution in [0, 0.1) is 6.92 Å². The van der Waals surface area contributed by atoms with Crippen molar-refractivity contribution < 1.29 is 9.90 Å². The molecule has 118 valence electrons. The minimum absolute atomic E-state index is 0.0990. The van der Waals surface area contributed by atoms with Crippen molar-refractivity contribution in [3.8, 4) is 0 Å². The number of carbonyl (C=O) groups is 1. The van der Waals surface area contributed by atoms with Crippen molar-refractivity contribution in [1.29, 1.82) is 0 Å². The summed E-state index contributed by atoms with van der Waals surface area (Å²) in [6.45, 7) is 2.71. The number of aliphatic hydroxyl groups is 1. The fourth-order valence-electron chi connectivity index (χ4n) is 3.17. The minimum Gasteiger partial charge on any atom is -0.396 e. The van der Waals surface area contributed by atoms with Gasteiger partial charge in [0.25, 0.3) is 0 Å². The van der Waals surface area contributed by atoms with Crippen LogP contribution < -0.4 is 10.6 Å². The molecular weight excluding hydrogens is 278 g/mol. The number of hydrogen-bond acceptors (Lipinski definition) is 2. The lowest BCUT2D eigenvalue weighted by molar-refractivity contribution is 0.233. The van der Waals surface area contributed by atoms with Crippen LogP contribution in [-0.4, -0.2) is 35.3 Å². The Bertz CT molecular complexity index is 678. The summed E-state index contributed by atoms with van der Waals surface area (Å²) in [6.07, 6.45) is 3.37. The van der Waals surface area contributed by atoms with Gasteiger partial charge in [0.2, 0.25) is 0 Å². The molecule has 1 unspecified atom stereocenters. The predicted molar refractivity (Wildman–Crippen MR) is 87.1 cm³/mol. The molecule has 1 aliphatic carbocycles. The van der Waals surface area contributed by atoms with Crippen LogP contribution in [-0.2, 0) is 12.8 Å². The van der Waals surface area contributed by atoms with E-state index in [1.807, 2.05) is 0 Å². The molecule has 22 heavy (non-hydrogen) atoms. The van der Waals surface area contributed by atoms with Crippen LogP contribution in [0.5, 0.6) is 0 Å². The summed E-state index contributed by atoms with van der Waals surface area (Å²) in [5.74, 6) is 0. The number of amides is 2. The van der Waals surface area contributed by atoms with Gasteiger partial charge < -0.3 is 20.7 Å². The zero-order chi connectivity index (χ0) is 15.5. The number of carbonyl (C=O) groups excluding carboxylic acids is 1. The molecular formula is C17H23N3O2. The van der Waals surface area contributed by atoms with Gasteiger partial charge >= 0.3 is 6.03 Å². The molecule has 5 nitrogen and oxygen atoms in total. The third kappa shape index (κ3) is 3.09. The maximum Gasteiger partial charge on any atom is 0.315 e. The lowest BCUT2D eigenvalue weighted by Crippen LogP contribution is -2.44. The van der Waals surface area contributed by atoms with E-state index in [1.54, 1.807) is 0 Å². The standard InChI is InChI=1S/C17H23N3O2/c1-11-3-5-15-13(9-11)14-10-12(4-6-16(14)20-15)19-17(22)18-7-2-8-21/h3,5,9,12,20-21H,2,4,6-8,10H2,1H3,(H2,18,19,22). The highest BCUT2D eigenvalue weighted by atomic mass is 16.3. The molecule has 0 radical (unpaired) electrons. The molecule has 5 heteroatoms. The van der Waals surface area contributed by atoms with E-state index in [1.165, 1.54) is 27.7 Å². The van der Waals surface area contributed by atoms with E-state index in [4.69, 9.17) is 5.11 Å². The first-order chi connectivity index (χ1) is 10.7. The van der Waals surface area contributed by atoms with Crippen LogP contribution in [0.1, 0.15) is 29.7 Å². The highest BCUT2D eigenvalue weighted by molar-refractivity contribution is 5.86. The minimum atomic E-state index is -0.141. The predicted octanol–water partition coefficient (Wildman–Crippen LogP) is 2.02. The number of urea groups is 1. The second-order valence-electron chi connectivity index (χ2n) is 6.05. The smallest absolute Gasteiger partial charge is 0.315 e. The van der Waals surface area contributed by atoms with Crippen LogP contribution in [0.2, 0.25) is 0 Å². The number of nitrogens with one attached hydrogen (secondary N) is 3. The molecule has 2 aromatic rings.